The zero-order valence-electron chi connectivity index (χ0n) is 15.4. The number of carbonyl (C=O) groups excluding carboxylic acids is 1. The summed E-state index contributed by atoms with van der Waals surface area (Å²) in [7, 11) is 0. The van der Waals surface area contributed by atoms with Crippen molar-refractivity contribution in [3.05, 3.63) is 63.9 Å². The van der Waals surface area contributed by atoms with Crippen LogP contribution in [0.1, 0.15) is 30.0 Å². The number of para-hydroxylation sites is 1. The molecule has 3 aromatic rings. The van der Waals surface area contributed by atoms with Crippen LogP contribution in [0.3, 0.4) is 0 Å². The molecule has 1 heterocycles. The van der Waals surface area contributed by atoms with Crippen LogP contribution in [-0.4, -0.2) is 21.2 Å². The maximum atomic E-state index is 12.9. The molecule has 6 heteroatoms. The second kappa shape index (κ2) is 7.19. The first-order valence-electron chi connectivity index (χ1n) is 9.04. The molecule has 1 aliphatic rings. The third-order valence-electron chi connectivity index (χ3n) is 4.68. The van der Waals surface area contributed by atoms with E-state index in [9.17, 15) is 9.59 Å². The number of rotatable bonds is 5. The molecule has 1 aromatic heterocycles. The standard InChI is InChI=1S/C21H21N3O2S/c1-13-7-10-17(14(2)11-13)22-19(25)12-27-21-23-18-6-4-3-5-16(18)20(26)24(21)15-8-9-15/h3-7,10-11,15H,8-9,12H2,1-2H3,(H,22,25). The zero-order chi connectivity index (χ0) is 19.0. The number of fused-ring (bicyclic) bond motifs is 1. The van der Waals surface area contributed by atoms with E-state index in [0.29, 0.717) is 16.1 Å². The van der Waals surface area contributed by atoms with Crippen LogP contribution in [-0.2, 0) is 4.79 Å². The van der Waals surface area contributed by atoms with Crippen molar-refractivity contribution < 1.29 is 4.79 Å². The molecule has 0 atom stereocenters. The number of nitrogens with one attached hydrogen (secondary N) is 1. The minimum atomic E-state index is -0.100. The lowest BCUT2D eigenvalue weighted by Gasteiger charge is -2.13. The Morgan fingerprint density at radius 2 is 2.00 bits per heavy atom. The first-order valence-corrected chi connectivity index (χ1v) is 10.0. The van der Waals surface area contributed by atoms with E-state index in [1.165, 1.54) is 11.8 Å². The van der Waals surface area contributed by atoms with Crippen molar-refractivity contribution in [2.45, 2.75) is 37.9 Å². The van der Waals surface area contributed by atoms with Crippen molar-refractivity contribution in [2.75, 3.05) is 11.1 Å². The number of aryl methyl sites for hydroxylation is 2. The second-order valence-corrected chi connectivity index (χ2v) is 7.92. The highest BCUT2D eigenvalue weighted by Crippen LogP contribution is 2.36. The molecule has 138 valence electrons. The molecule has 1 N–H and O–H groups in total. The number of anilines is 1. The Morgan fingerprint density at radius 3 is 2.74 bits per heavy atom. The van der Waals surface area contributed by atoms with Gasteiger partial charge in [-0.3, -0.25) is 14.2 Å². The number of thioether (sulfide) groups is 1. The maximum Gasteiger partial charge on any atom is 0.262 e. The lowest BCUT2D eigenvalue weighted by Crippen LogP contribution is -2.23. The van der Waals surface area contributed by atoms with Gasteiger partial charge in [0, 0.05) is 11.7 Å². The summed E-state index contributed by atoms with van der Waals surface area (Å²) < 4.78 is 1.76. The van der Waals surface area contributed by atoms with E-state index in [0.717, 1.165) is 29.7 Å². The van der Waals surface area contributed by atoms with E-state index < -0.39 is 0 Å². The number of aromatic nitrogens is 2. The topological polar surface area (TPSA) is 64.0 Å². The third-order valence-corrected chi connectivity index (χ3v) is 5.63. The zero-order valence-corrected chi connectivity index (χ0v) is 16.2. The van der Waals surface area contributed by atoms with Gasteiger partial charge in [0.15, 0.2) is 5.16 Å². The number of benzene rings is 2. The molecule has 0 spiro atoms. The first-order chi connectivity index (χ1) is 13.0. The van der Waals surface area contributed by atoms with Crippen LogP contribution >= 0.6 is 11.8 Å². The Morgan fingerprint density at radius 1 is 1.22 bits per heavy atom. The summed E-state index contributed by atoms with van der Waals surface area (Å²) in [5, 5.41) is 4.20. The average Bonchev–Trinajstić information content (AvgIpc) is 3.47. The smallest absolute Gasteiger partial charge is 0.262 e. The van der Waals surface area contributed by atoms with Gasteiger partial charge in [0.05, 0.1) is 16.7 Å². The fourth-order valence-corrected chi connectivity index (χ4v) is 4.02. The second-order valence-electron chi connectivity index (χ2n) is 6.97. The lowest BCUT2D eigenvalue weighted by molar-refractivity contribution is -0.113. The van der Waals surface area contributed by atoms with Gasteiger partial charge >= 0.3 is 0 Å². The summed E-state index contributed by atoms with van der Waals surface area (Å²) in [6.07, 6.45) is 1.98. The van der Waals surface area contributed by atoms with E-state index in [-0.39, 0.29) is 23.3 Å². The summed E-state index contributed by atoms with van der Waals surface area (Å²) in [6, 6.07) is 13.5. The molecule has 1 fully saturated rings. The number of hydrogen-bond donors (Lipinski definition) is 1. The Labute approximate surface area is 161 Å². The summed E-state index contributed by atoms with van der Waals surface area (Å²) in [6.45, 7) is 4.00. The van der Waals surface area contributed by atoms with Crippen molar-refractivity contribution in [1.82, 2.24) is 9.55 Å². The SMILES string of the molecule is Cc1ccc(NC(=O)CSc2nc3ccccc3c(=O)n2C2CC2)c(C)c1. The van der Waals surface area contributed by atoms with Crippen LogP contribution in [0.2, 0.25) is 0 Å². The number of amides is 1. The highest BCUT2D eigenvalue weighted by molar-refractivity contribution is 7.99. The van der Waals surface area contributed by atoms with Gasteiger partial charge in [0.1, 0.15) is 0 Å². The van der Waals surface area contributed by atoms with Gasteiger partial charge in [-0.1, -0.05) is 41.6 Å². The molecule has 1 amide bonds. The quantitative estimate of drug-likeness (QED) is 0.536. The van der Waals surface area contributed by atoms with Gasteiger partial charge in [0.2, 0.25) is 5.91 Å². The van der Waals surface area contributed by atoms with E-state index in [1.54, 1.807) is 4.57 Å². The van der Waals surface area contributed by atoms with Gasteiger partial charge in [0.25, 0.3) is 5.56 Å². The Kier molecular flexibility index (Phi) is 4.74. The number of carbonyl (C=O) groups is 1. The lowest BCUT2D eigenvalue weighted by atomic mass is 10.1. The molecular formula is C21H21N3O2S. The molecule has 1 aliphatic carbocycles. The van der Waals surface area contributed by atoms with Crippen LogP contribution < -0.4 is 10.9 Å². The molecule has 0 bridgehead atoms. The predicted octanol–water partition coefficient (Wildman–Crippen LogP) is 4.08. The molecule has 4 rings (SSSR count). The predicted molar refractivity (Wildman–Crippen MR) is 110 cm³/mol. The summed E-state index contributed by atoms with van der Waals surface area (Å²) in [4.78, 5) is 29.9. The van der Waals surface area contributed by atoms with Crippen LogP contribution in [0.4, 0.5) is 5.69 Å². The third kappa shape index (κ3) is 3.76. The van der Waals surface area contributed by atoms with E-state index in [4.69, 9.17) is 0 Å². The summed E-state index contributed by atoms with van der Waals surface area (Å²) >= 11 is 1.32. The Bertz CT molecular complexity index is 1090. The molecule has 0 unspecified atom stereocenters. The van der Waals surface area contributed by atoms with Crippen molar-refractivity contribution in [3.8, 4) is 0 Å². The summed E-state index contributed by atoms with van der Waals surface area (Å²) in [5.41, 5.74) is 3.68. The van der Waals surface area contributed by atoms with Gasteiger partial charge < -0.3 is 5.32 Å². The Hall–Kier alpha value is -2.60. The van der Waals surface area contributed by atoms with Crippen LogP contribution in [0.15, 0.2) is 52.4 Å². The molecule has 0 radical (unpaired) electrons. The van der Waals surface area contributed by atoms with Crippen molar-refractivity contribution in [1.29, 1.82) is 0 Å². The molecular weight excluding hydrogens is 358 g/mol. The maximum absolute atomic E-state index is 12.9. The van der Waals surface area contributed by atoms with Gasteiger partial charge in [-0.05, 0) is 50.5 Å². The molecule has 27 heavy (non-hydrogen) atoms. The van der Waals surface area contributed by atoms with E-state index in [1.807, 2.05) is 56.3 Å². The molecule has 0 aliphatic heterocycles. The molecule has 0 saturated heterocycles. The molecule has 1 saturated carbocycles. The monoisotopic (exact) mass is 379 g/mol. The fraction of sp³-hybridized carbons (Fsp3) is 0.286. The van der Waals surface area contributed by atoms with Gasteiger partial charge in [-0.25, -0.2) is 4.98 Å². The molecule has 5 nitrogen and oxygen atoms in total. The average molecular weight is 379 g/mol. The Balaban J connectivity index is 1.55. The minimum absolute atomic E-state index is 0.0135. The minimum Gasteiger partial charge on any atom is -0.325 e. The van der Waals surface area contributed by atoms with Crippen LogP contribution in [0, 0.1) is 13.8 Å². The van der Waals surface area contributed by atoms with Crippen LogP contribution in [0.25, 0.3) is 10.9 Å². The highest BCUT2D eigenvalue weighted by Gasteiger charge is 2.28. The van der Waals surface area contributed by atoms with Crippen molar-refractivity contribution in [3.63, 3.8) is 0 Å². The normalized spacial score (nSPS) is 13.7. The number of nitrogens with zero attached hydrogens (tertiary/aromatic N) is 2. The fourth-order valence-electron chi connectivity index (χ4n) is 3.15. The van der Waals surface area contributed by atoms with Gasteiger partial charge in [-0.15, -0.1) is 0 Å². The van der Waals surface area contributed by atoms with Crippen molar-refractivity contribution in [2.24, 2.45) is 0 Å². The largest absolute Gasteiger partial charge is 0.325 e. The number of hydrogen-bond acceptors (Lipinski definition) is 4. The van der Waals surface area contributed by atoms with Gasteiger partial charge in [-0.2, -0.15) is 0 Å². The highest BCUT2D eigenvalue weighted by atomic mass is 32.2. The molecule has 2 aromatic carbocycles. The first kappa shape index (κ1) is 17.8. The van der Waals surface area contributed by atoms with E-state index >= 15 is 0 Å². The summed E-state index contributed by atoms with van der Waals surface area (Å²) in [5.74, 6) is 0.113. The van der Waals surface area contributed by atoms with Crippen LogP contribution in [0.5, 0.6) is 0 Å². The van der Waals surface area contributed by atoms with E-state index in [2.05, 4.69) is 10.3 Å². The van der Waals surface area contributed by atoms with Crippen molar-refractivity contribution >= 4 is 34.3 Å².